The molecule has 0 radical (unpaired) electrons. The Labute approximate surface area is 234 Å². The average molecular weight is 537 g/mol. The molecule has 0 aliphatic heterocycles. The molecule has 2 atom stereocenters. The molecule has 1 saturated carbocycles. The lowest BCUT2D eigenvalue weighted by molar-refractivity contribution is -0.418. The van der Waals surface area contributed by atoms with Gasteiger partial charge in [0.1, 0.15) is 11.2 Å². The van der Waals surface area contributed by atoms with Crippen molar-refractivity contribution in [2.24, 2.45) is 0 Å². The van der Waals surface area contributed by atoms with E-state index in [0.29, 0.717) is 24.0 Å². The van der Waals surface area contributed by atoms with Gasteiger partial charge in [0.2, 0.25) is 0 Å². The highest BCUT2D eigenvalue weighted by Crippen LogP contribution is 2.43. The van der Waals surface area contributed by atoms with E-state index in [-0.39, 0.29) is 0 Å². The van der Waals surface area contributed by atoms with Gasteiger partial charge in [-0.25, -0.2) is 9.59 Å². The van der Waals surface area contributed by atoms with Crippen LogP contribution in [0.2, 0.25) is 0 Å². The van der Waals surface area contributed by atoms with Gasteiger partial charge in [0, 0.05) is 0 Å². The van der Waals surface area contributed by atoms with Gasteiger partial charge in [-0.2, -0.15) is 9.78 Å². The zero-order chi connectivity index (χ0) is 28.0. The summed E-state index contributed by atoms with van der Waals surface area (Å²) in [7, 11) is 0. The minimum Gasteiger partial charge on any atom is -0.292 e. The van der Waals surface area contributed by atoms with Crippen molar-refractivity contribution in [3.05, 3.63) is 120 Å². The van der Waals surface area contributed by atoms with E-state index in [9.17, 15) is 9.59 Å². The molecule has 0 spiro atoms. The van der Waals surface area contributed by atoms with E-state index >= 15 is 0 Å². The molecule has 5 rings (SSSR count). The molecular formula is C34H32O6. The van der Waals surface area contributed by atoms with Crippen LogP contribution < -0.4 is 0 Å². The number of hydrogen-bond donors (Lipinski definition) is 0. The highest BCUT2D eigenvalue weighted by molar-refractivity contribution is 5.90. The van der Waals surface area contributed by atoms with E-state index in [1.165, 1.54) is 0 Å². The van der Waals surface area contributed by atoms with Crippen LogP contribution in [0, 0.1) is 0 Å². The maximum absolute atomic E-state index is 12.8. The zero-order valence-electron chi connectivity index (χ0n) is 22.7. The van der Waals surface area contributed by atoms with Crippen LogP contribution in [0.15, 0.2) is 109 Å². The summed E-state index contributed by atoms with van der Waals surface area (Å²) < 4.78 is 0. The molecule has 2 unspecified atom stereocenters. The SMILES string of the molecule is CC1(OOC(=O)c2ccc(-c3ccccc3)cc2)CCCCC1(C)OOC(=O)c1ccc(-c2ccccc2)cc1. The number of rotatable bonds is 8. The summed E-state index contributed by atoms with van der Waals surface area (Å²) in [6.45, 7) is 3.61. The normalized spacial score (nSPS) is 20.4. The summed E-state index contributed by atoms with van der Waals surface area (Å²) in [6, 6.07) is 34.1. The lowest BCUT2D eigenvalue weighted by Crippen LogP contribution is -2.56. The summed E-state index contributed by atoms with van der Waals surface area (Å²) in [4.78, 5) is 47.7. The van der Waals surface area contributed by atoms with Gasteiger partial charge in [-0.3, -0.25) is 9.78 Å². The Kier molecular flexibility index (Phi) is 8.10. The third-order valence-electron chi connectivity index (χ3n) is 7.73. The van der Waals surface area contributed by atoms with E-state index < -0.39 is 23.1 Å². The highest BCUT2D eigenvalue weighted by atomic mass is 17.2. The second kappa shape index (κ2) is 11.9. The molecule has 0 amide bonds. The third-order valence-corrected chi connectivity index (χ3v) is 7.73. The van der Waals surface area contributed by atoms with Gasteiger partial charge >= 0.3 is 11.9 Å². The number of carbonyl (C=O) groups is 2. The van der Waals surface area contributed by atoms with Crippen LogP contribution in [0.4, 0.5) is 0 Å². The van der Waals surface area contributed by atoms with Gasteiger partial charge in [-0.15, -0.1) is 0 Å². The minimum atomic E-state index is -1.03. The van der Waals surface area contributed by atoms with Crippen molar-refractivity contribution in [2.45, 2.75) is 50.7 Å². The van der Waals surface area contributed by atoms with E-state index in [1.807, 2.05) is 84.9 Å². The van der Waals surface area contributed by atoms with Gasteiger partial charge in [0.05, 0.1) is 11.1 Å². The van der Waals surface area contributed by atoms with Crippen LogP contribution in [0.25, 0.3) is 22.3 Å². The number of hydrogen-bond acceptors (Lipinski definition) is 6. The zero-order valence-corrected chi connectivity index (χ0v) is 22.7. The van der Waals surface area contributed by atoms with Crippen LogP contribution in [0.1, 0.15) is 60.2 Å². The van der Waals surface area contributed by atoms with Crippen LogP contribution in [-0.2, 0) is 19.6 Å². The van der Waals surface area contributed by atoms with Gasteiger partial charge in [-0.05, 0) is 73.2 Å². The van der Waals surface area contributed by atoms with Gasteiger partial charge in [0.25, 0.3) is 0 Å². The molecule has 6 heteroatoms. The summed E-state index contributed by atoms with van der Waals surface area (Å²) in [5, 5.41) is 0. The largest absolute Gasteiger partial charge is 0.373 e. The summed E-state index contributed by atoms with van der Waals surface area (Å²) in [5.41, 5.74) is 2.79. The lowest BCUT2D eigenvalue weighted by atomic mass is 9.74. The molecule has 4 aromatic carbocycles. The van der Waals surface area contributed by atoms with Crippen LogP contribution in [0.5, 0.6) is 0 Å². The highest BCUT2D eigenvalue weighted by Gasteiger charge is 2.53. The third kappa shape index (κ3) is 5.98. The van der Waals surface area contributed by atoms with Crippen molar-refractivity contribution in [1.29, 1.82) is 0 Å². The first kappa shape index (κ1) is 27.3. The molecule has 40 heavy (non-hydrogen) atoms. The Morgan fingerprint density at radius 3 is 1.18 bits per heavy atom. The Balaban J connectivity index is 1.20. The average Bonchev–Trinajstić information content (AvgIpc) is 3.01. The van der Waals surface area contributed by atoms with Gasteiger partial charge in [0.15, 0.2) is 0 Å². The van der Waals surface area contributed by atoms with Crippen molar-refractivity contribution >= 4 is 11.9 Å². The molecule has 6 nitrogen and oxygen atoms in total. The summed E-state index contributed by atoms with van der Waals surface area (Å²) in [5.74, 6) is -1.21. The molecule has 0 bridgehead atoms. The lowest BCUT2D eigenvalue weighted by Gasteiger charge is -2.45. The molecule has 1 aliphatic rings. The predicted molar refractivity (Wildman–Crippen MR) is 152 cm³/mol. The van der Waals surface area contributed by atoms with Gasteiger partial charge < -0.3 is 0 Å². The monoisotopic (exact) mass is 536 g/mol. The topological polar surface area (TPSA) is 71.1 Å². The molecule has 1 fully saturated rings. The first-order chi connectivity index (χ1) is 19.4. The second-order valence-electron chi connectivity index (χ2n) is 10.5. The molecule has 0 aromatic heterocycles. The van der Waals surface area contributed by atoms with E-state index in [4.69, 9.17) is 19.6 Å². The molecule has 4 aromatic rings. The Morgan fingerprint density at radius 1 is 0.500 bits per heavy atom. The Hall–Kier alpha value is -4.26. The maximum Gasteiger partial charge on any atom is 0.373 e. The van der Waals surface area contributed by atoms with Crippen molar-refractivity contribution < 1.29 is 29.1 Å². The number of carbonyl (C=O) groups excluding carboxylic acids is 2. The molecule has 0 N–H and O–H groups in total. The molecule has 0 saturated heterocycles. The van der Waals surface area contributed by atoms with Crippen molar-refractivity contribution in [3.8, 4) is 22.3 Å². The Morgan fingerprint density at radius 2 is 0.825 bits per heavy atom. The molecule has 0 heterocycles. The quantitative estimate of drug-likeness (QED) is 0.168. The van der Waals surface area contributed by atoms with Crippen LogP contribution in [0.3, 0.4) is 0 Å². The van der Waals surface area contributed by atoms with Crippen molar-refractivity contribution in [1.82, 2.24) is 0 Å². The van der Waals surface area contributed by atoms with E-state index in [1.54, 1.807) is 38.1 Å². The van der Waals surface area contributed by atoms with E-state index in [0.717, 1.165) is 35.1 Å². The molecule has 1 aliphatic carbocycles. The second-order valence-corrected chi connectivity index (χ2v) is 10.5. The summed E-state index contributed by atoms with van der Waals surface area (Å²) in [6.07, 6.45) is 2.83. The van der Waals surface area contributed by atoms with Crippen molar-refractivity contribution in [3.63, 3.8) is 0 Å². The predicted octanol–water partition coefficient (Wildman–Crippen LogP) is 7.99. The maximum atomic E-state index is 12.8. The first-order valence-corrected chi connectivity index (χ1v) is 13.5. The Bertz CT molecular complexity index is 1320. The van der Waals surface area contributed by atoms with E-state index in [2.05, 4.69) is 0 Å². The van der Waals surface area contributed by atoms with Crippen molar-refractivity contribution in [2.75, 3.05) is 0 Å². The smallest absolute Gasteiger partial charge is 0.292 e. The fourth-order valence-electron chi connectivity index (χ4n) is 4.93. The fraction of sp³-hybridized carbons (Fsp3) is 0.235. The number of benzene rings is 4. The molecular weight excluding hydrogens is 504 g/mol. The minimum absolute atomic E-state index is 0.368. The standard InChI is InChI=1S/C34H32O6/c1-33(39-37-31(35)29-19-15-27(16-20-29)25-11-5-3-6-12-25)23-9-10-24-34(33,2)40-38-32(36)30-21-17-28(18-22-30)26-13-7-4-8-14-26/h3-8,11-22H,9-10,23-24H2,1-2H3. The van der Waals surface area contributed by atoms with Crippen LogP contribution in [-0.4, -0.2) is 23.1 Å². The fourth-order valence-corrected chi connectivity index (χ4v) is 4.93. The molecule has 204 valence electrons. The van der Waals surface area contributed by atoms with Gasteiger partial charge in [-0.1, -0.05) is 97.8 Å². The summed E-state index contributed by atoms with van der Waals surface area (Å²) >= 11 is 0. The first-order valence-electron chi connectivity index (χ1n) is 13.5. The van der Waals surface area contributed by atoms with Crippen LogP contribution >= 0.6 is 0 Å².